The molecule has 0 aromatic heterocycles. The lowest BCUT2D eigenvalue weighted by atomic mass is 9.81. The average molecular weight is 521 g/mol. The fourth-order valence-electron chi connectivity index (χ4n) is 7.43. The maximum atomic E-state index is 2.42. The van der Waals surface area contributed by atoms with Gasteiger partial charge in [0.15, 0.2) is 0 Å². The quantitative estimate of drug-likeness (QED) is 0.199. The smallest absolute Gasteiger partial charge is 0.0159 e. The molecule has 0 amide bonds. The Labute approximate surface area is 239 Å². The zero-order valence-electron chi connectivity index (χ0n) is 23.2. The standard InChI is InChI=1S/C41H28/c1-41(2)37-24-32(18-20-34(37)36-22-30-6-3-4-7-31(30)23-38(36)41)25-10-12-26(13-11-25)33-19-16-29-15-14-27-8-5-9-28-17-21-35(33)40(29)39(27)28/h3-24H,1-2H3. The van der Waals surface area contributed by atoms with E-state index in [0.717, 1.165) is 0 Å². The van der Waals surface area contributed by atoms with Crippen molar-refractivity contribution >= 4 is 43.1 Å². The van der Waals surface area contributed by atoms with Crippen LogP contribution in [0.25, 0.3) is 76.5 Å². The van der Waals surface area contributed by atoms with E-state index < -0.39 is 0 Å². The zero-order valence-corrected chi connectivity index (χ0v) is 23.2. The van der Waals surface area contributed by atoms with Crippen LogP contribution in [0.5, 0.6) is 0 Å². The Morgan fingerprint density at radius 2 is 0.927 bits per heavy atom. The van der Waals surface area contributed by atoms with Gasteiger partial charge in [-0.25, -0.2) is 0 Å². The van der Waals surface area contributed by atoms with Crippen molar-refractivity contribution in [3.8, 4) is 33.4 Å². The second-order valence-electron chi connectivity index (χ2n) is 12.2. The highest BCUT2D eigenvalue weighted by Gasteiger charge is 2.35. The van der Waals surface area contributed by atoms with Crippen LogP contribution in [0, 0.1) is 0 Å². The Bertz CT molecular complexity index is 2300. The van der Waals surface area contributed by atoms with E-state index in [0.29, 0.717) is 0 Å². The van der Waals surface area contributed by atoms with Gasteiger partial charge in [-0.3, -0.25) is 0 Å². The van der Waals surface area contributed by atoms with Crippen LogP contribution in [-0.2, 0) is 5.41 Å². The molecule has 9 rings (SSSR count). The van der Waals surface area contributed by atoms with Crippen molar-refractivity contribution in [2.45, 2.75) is 19.3 Å². The van der Waals surface area contributed by atoms with Crippen molar-refractivity contribution in [2.24, 2.45) is 0 Å². The first-order chi connectivity index (χ1) is 20.1. The predicted molar refractivity (Wildman–Crippen MR) is 176 cm³/mol. The monoisotopic (exact) mass is 520 g/mol. The van der Waals surface area contributed by atoms with E-state index in [2.05, 4.69) is 147 Å². The normalized spacial score (nSPS) is 13.8. The summed E-state index contributed by atoms with van der Waals surface area (Å²) < 4.78 is 0. The molecule has 1 aliphatic rings. The Kier molecular flexibility index (Phi) is 4.49. The fourth-order valence-corrected chi connectivity index (χ4v) is 7.43. The molecule has 8 aromatic rings. The Morgan fingerprint density at radius 1 is 0.366 bits per heavy atom. The molecule has 0 N–H and O–H groups in total. The lowest BCUT2D eigenvalue weighted by Gasteiger charge is -2.22. The van der Waals surface area contributed by atoms with Crippen LogP contribution in [-0.4, -0.2) is 0 Å². The third-order valence-electron chi connectivity index (χ3n) is 9.60. The van der Waals surface area contributed by atoms with Gasteiger partial charge >= 0.3 is 0 Å². The Morgan fingerprint density at radius 3 is 1.71 bits per heavy atom. The van der Waals surface area contributed by atoms with Gasteiger partial charge in [0.2, 0.25) is 0 Å². The van der Waals surface area contributed by atoms with Crippen molar-refractivity contribution in [1.29, 1.82) is 0 Å². The summed E-state index contributed by atoms with van der Waals surface area (Å²) in [7, 11) is 0. The van der Waals surface area contributed by atoms with Gasteiger partial charge in [-0.15, -0.1) is 0 Å². The second kappa shape index (κ2) is 8.05. The molecule has 0 saturated heterocycles. The van der Waals surface area contributed by atoms with Gasteiger partial charge in [0.25, 0.3) is 0 Å². The molecule has 0 unspecified atom stereocenters. The van der Waals surface area contributed by atoms with Gasteiger partial charge in [0, 0.05) is 5.41 Å². The lowest BCUT2D eigenvalue weighted by molar-refractivity contribution is 0.661. The molecule has 0 atom stereocenters. The van der Waals surface area contributed by atoms with Gasteiger partial charge < -0.3 is 0 Å². The van der Waals surface area contributed by atoms with Crippen LogP contribution < -0.4 is 0 Å². The van der Waals surface area contributed by atoms with E-state index in [9.17, 15) is 0 Å². The summed E-state index contributed by atoms with van der Waals surface area (Å²) in [5, 5.41) is 10.6. The molecule has 0 nitrogen and oxygen atoms in total. The van der Waals surface area contributed by atoms with Gasteiger partial charge in [0.1, 0.15) is 0 Å². The molecule has 192 valence electrons. The van der Waals surface area contributed by atoms with Gasteiger partial charge in [-0.2, -0.15) is 0 Å². The highest BCUT2D eigenvalue weighted by Crippen LogP contribution is 2.51. The Hall–Kier alpha value is -4.94. The van der Waals surface area contributed by atoms with E-state index in [1.807, 2.05) is 0 Å². The van der Waals surface area contributed by atoms with Crippen LogP contribution in [0.1, 0.15) is 25.0 Å². The summed E-state index contributed by atoms with van der Waals surface area (Å²) >= 11 is 0. The van der Waals surface area contributed by atoms with Crippen LogP contribution in [0.4, 0.5) is 0 Å². The number of fused-ring (bicyclic) bond motifs is 4. The predicted octanol–water partition coefficient (Wildman–Crippen LogP) is 11.4. The van der Waals surface area contributed by atoms with Gasteiger partial charge in [-0.05, 0) is 106 Å². The van der Waals surface area contributed by atoms with Crippen molar-refractivity contribution in [3.05, 3.63) is 145 Å². The summed E-state index contributed by atoms with van der Waals surface area (Å²) in [6, 6.07) is 50.0. The van der Waals surface area contributed by atoms with Gasteiger partial charge in [-0.1, -0.05) is 129 Å². The van der Waals surface area contributed by atoms with Crippen molar-refractivity contribution < 1.29 is 0 Å². The summed E-state index contributed by atoms with van der Waals surface area (Å²) in [6.45, 7) is 4.74. The number of hydrogen-bond donors (Lipinski definition) is 0. The number of benzene rings is 8. The molecule has 0 radical (unpaired) electrons. The molecule has 0 bridgehead atoms. The molecular formula is C41H28. The SMILES string of the molecule is CC1(C)c2cc(-c3ccc(-c4ccc5ccc6cccc7ccc4c5c67)cc3)ccc2-c2cc3ccccc3cc21. The largest absolute Gasteiger partial charge is 0.0616 e. The first-order valence-electron chi connectivity index (χ1n) is 14.5. The van der Waals surface area contributed by atoms with Crippen LogP contribution in [0.15, 0.2) is 133 Å². The number of hydrogen-bond acceptors (Lipinski definition) is 0. The average Bonchev–Trinajstić information content (AvgIpc) is 3.24. The first kappa shape index (κ1) is 22.8. The van der Waals surface area contributed by atoms with E-state index in [-0.39, 0.29) is 5.41 Å². The molecule has 0 spiro atoms. The minimum absolute atomic E-state index is 0.0353. The molecule has 0 aliphatic heterocycles. The Balaban J connectivity index is 1.14. The van der Waals surface area contributed by atoms with Crippen LogP contribution in [0.3, 0.4) is 0 Å². The summed E-state index contributed by atoms with van der Waals surface area (Å²) in [5.74, 6) is 0. The van der Waals surface area contributed by atoms with Crippen molar-refractivity contribution in [2.75, 3.05) is 0 Å². The minimum atomic E-state index is -0.0353. The summed E-state index contributed by atoms with van der Waals surface area (Å²) in [4.78, 5) is 0. The van der Waals surface area contributed by atoms with E-state index in [1.165, 1.54) is 87.6 Å². The summed E-state index contributed by atoms with van der Waals surface area (Å²) in [6.07, 6.45) is 0. The topological polar surface area (TPSA) is 0 Å². The highest BCUT2D eigenvalue weighted by molar-refractivity contribution is 6.25. The van der Waals surface area contributed by atoms with E-state index in [1.54, 1.807) is 0 Å². The molecule has 1 aliphatic carbocycles. The first-order valence-corrected chi connectivity index (χ1v) is 14.5. The van der Waals surface area contributed by atoms with Crippen LogP contribution >= 0.6 is 0 Å². The fraction of sp³-hybridized carbons (Fsp3) is 0.0732. The molecular weight excluding hydrogens is 492 g/mol. The van der Waals surface area contributed by atoms with Crippen molar-refractivity contribution in [1.82, 2.24) is 0 Å². The maximum Gasteiger partial charge on any atom is 0.0159 e. The van der Waals surface area contributed by atoms with Crippen molar-refractivity contribution in [3.63, 3.8) is 0 Å². The molecule has 0 fully saturated rings. The molecule has 8 aromatic carbocycles. The minimum Gasteiger partial charge on any atom is -0.0616 e. The van der Waals surface area contributed by atoms with E-state index >= 15 is 0 Å². The summed E-state index contributed by atoms with van der Waals surface area (Å²) in [5.41, 5.74) is 10.6. The van der Waals surface area contributed by atoms with Crippen LogP contribution in [0.2, 0.25) is 0 Å². The zero-order chi connectivity index (χ0) is 27.3. The number of rotatable bonds is 2. The molecule has 0 saturated carbocycles. The lowest BCUT2D eigenvalue weighted by Crippen LogP contribution is -2.15. The second-order valence-corrected chi connectivity index (χ2v) is 12.2. The highest BCUT2D eigenvalue weighted by atomic mass is 14.4. The van der Waals surface area contributed by atoms with Gasteiger partial charge in [0.05, 0.1) is 0 Å². The third kappa shape index (κ3) is 3.16. The molecule has 41 heavy (non-hydrogen) atoms. The van der Waals surface area contributed by atoms with E-state index in [4.69, 9.17) is 0 Å². The third-order valence-corrected chi connectivity index (χ3v) is 9.60. The maximum absolute atomic E-state index is 2.42. The molecule has 0 heterocycles. The molecule has 0 heteroatoms.